The van der Waals surface area contributed by atoms with Gasteiger partial charge in [0.25, 0.3) is 10.2 Å². The van der Waals surface area contributed by atoms with Crippen LogP contribution in [0.4, 0.5) is 5.69 Å². The maximum atomic E-state index is 11.1. The van der Waals surface area contributed by atoms with Crippen LogP contribution in [0.5, 0.6) is 0 Å². The van der Waals surface area contributed by atoms with Crippen LogP contribution in [0.25, 0.3) is 10.6 Å². The highest BCUT2D eigenvalue weighted by molar-refractivity contribution is 7.90. The number of hydrogen-bond acceptors (Lipinski definition) is 6. The van der Waals surface area contributed by atoms with E-state index in [4.69, 9.17) is 21.7 Å². The monoisotopic (exact) mass is 428 g/mol. The molecule has 1 aromatic carbocycles. The SMILES string of the molecule is CNC(Cc1ccc(NS(N)(=O)=O)cc1)c1nc(-c2ccc(Cl)s2)cs1. The quantitative estimate of drug-likeness (QED) is 0.535. The summed E-state index contributed by atoms with van der Waals surface area (Å²) in [5.74, 6) is 0. The van der Waals surface area contributed by atoms with Gasteiger partial charge in [-0.2, -0.15) is 8.42 Å². The van der Waals surface area contributed by atoms with Gasteiger partial charge < -0.3 is 5.32 Å². The van der Waals surface area contributed by atoms with Crippen molar-refractivity contribution in [2.24, 2.45) is 5.14 Å². The molecule has 2 heterocycles. The summed E-state index contributed by atoms with van der Waals surface area (Å²) in [5, 5.41) is 11.3. The summed E-state index contributed by atoms with van der Waals surface area (Å²) in [5.41, 5.74) is 2.42. The van der Waals surface area contributed by atoms with Crippen LogP contribution in [0.2, 0.25) is 4.34 Å². The number of rotatable bonds is 7. The molecule has 3 rings (SSSR count). The number of thiazole rings is 1. The highest BCUT2D eigenvalue weighted by atomic mass is 35.5. The molecule has 0 saturated carbocycles. The maximum Gasteiger partial charge on any atom is 0.296 e. The van der Waals surface area contributed by atoms with Gasteiger partial charge in [-0.1, -0.05) is 23.7 Å². The molecule has 1 atom stereocenters. The van der Waals surface area contributed by atoms with Gasteiger partial charge in [0, 0.05) is 11.1 Å². The van der Waals surface area contributed by atoms with Crippen molar-refractivity contribution in [2.75, 3.05) is 11.8 Å². The number of hydrogen-bond donors (Lipinski definition) is 3. The van der Waals surface area contributed by atoms with Crippen molar-refractivity contribution in [2.45, 2.75) is 12.5 Å². The zero-order chi connectivity index (χ0) is 18.7. The first kappa shape index (κ1) is 19.3. The van der Waals surface area contributed by atoms with Crippen LogP contribution in [0.1, 0.15) is 16.6 Å². The molecular formula is C16H17ClN4O2S3. The van der Waals surface area contributed by atoms with E-state index in [1.54, 1.807) is 23.5 Å². The highest BCUT2D eigenvalue weighted by Crippen LogP contribution is 2.33. The molecule has 0 fully saturated rings. The molecule has 10 heteroatoms. The summed E-state index contributed by atoms with van der Waals surface area (Å²) >= 11 is 9.10. The minimum absolute atomic E-state index is 0.0567. The van der Waals surface area contributed by atoms with E-state index in [9.17, 15) is 8.42 Å². The lowest BCUT2D eigenvalue weighted by Crippen LogP contribution is -2.21. The van der Waals surface area contributed by atoms with Gasteiger partial charge in [-0.05, 0) is 43.3 Å². The fourth-order valence-corrected chi connectivity index (χ4v) is 4.91. The van der Waals surface area contributed by atoms with Crippen molar-refractivity contribution in [3.63, 3.8) is 0 Å². The fraction of sp³-hybridized carbons (Fsp3) is 0.188. The third-order valence-electron chi connectivity index (χ3n) is 3.65. The smallest absolute Gasteiger partial charge is 0.296 e. The molecule has 0 aliphatic carbocycles. The van der Waals surface area contributed by atoms with E-state index >= 15 is 0 Å². The maximum absolute atomic E-state index is 11.1. The summed E-state index contributed by atoms with van der Waals surface area (Å²) in [6.07, 6.45) is 0.726. The Morgan fingerprint density at radius 1 is 1.23 bits per heavy atom. The van der Waals surface area contributed by atoms with Crippen LogP contribution < -0.4 is 15.2 Å². The summed E-state index contributed by atoms with van der Waals surface area (Å²) < 4.78 is 25.1. The van der Waals surface area contributed by atoms with Gasteiger partial charge in [0.2, 0.25) is 0 Å². The molecule has 0 saturated heterocycles. The molecule has 0 aliphatic rings. The van der Waals surface area contributed by atoms with Gasteiger partial charge in [-0.3, -0.25) is 4.72 Å². The van der Waals surface area contributed by atoms with Crippen LogP contribution >= 0.6 is 34.3 Å². The number of halogens is 1. The molecule has 2 aromatic heterocycles. The first-order chi connectivity index (χ1) is 12.3. The number of nitrogens with zero attached hydrogens (tertiary/aromatic N) is 1. The second-order valence-electron chi connectivity index (χ2n) is 5.56. The number of benzene rings is 1. The fourth-order valence-electron chi connectivity index (χ4n) is 2.43. The van der Waals surface area contributed by atoms with Crippen molar-refractivity contribution < 1.29 is 8.42 Å². The Hall–Kier alpha value is -1.49. The lowest BCUT2D eigenvalue weighted by Gasteiger charge is -2.14. The van der Waals surface area contributed by atoms with Gasteiger partial charge in [0.05, 0.1) is 20.9 Å². The minimum atomic E-state index is -3.76. The zero-order valence-corrected chi connectivity index (χ0v) is 17.0. The second kappa shape index (κ2) is 8.03. The third kappa shape index (κ3) is 5.03. The second-order valence-corrected chi connectivity index (χ2v) is 9.46. The van der Waals surface area contributed by atoms with Gasteiger partial charge in [-0.25, -0.2) is 10.1 Å². The summed E-state index contributed by atoms with van der Waals surface area (Å²) in [6.45, 7) is 0. The normalized spacial score (nSPS) is 12.9. The lowest BCUT2D eigenvalue weighted by atomic mass is 10.1. The van der Waals surface area contributed by atoms with Crippen molar-refractivity contribution in [3.8, 4) is 10.6 Å². The molecule has 0 spiro atoms. The van der Waals surface area contributed by atoms with Crippen molar-refractivity contribution in [3.05, 3.63) is 56.7 Å². The largest absolute Gasteiger partial charge is 0.311 e. The highest BCUT2D eigenvalue weighted by Gasteiger charge is 2.16. The summed E-state index contributed by atoms with van der Waals surface area (Å²) in [6, 6.07) is 11.0. The number of nitrogens with one attached hydrogen (secondary N) is 2. The van der Waals surface area contributed by atoms with Gasteiger partial charge in [-0.15, -0.1) is 22.7 Å². The number of likely N-dealkylation sites (N-methyl/N-ethyl adjacent to an activating group) is 1. The molecule has 6 nitrogen and oxygen atoms in total. The third-order valence-corrected chi connectivity index (χ3v) is 6.38. The van der Waals surface area contributed by atoms with Crippen molar-refractivity contribution in [1.29, 1.82) is 0 Å². The Morgan fingerprint density at radius 3 is 2.54 bits per heavy atom. The number of aromatic nitrogens is 1. The predicted octanol–water partition coefficient (Wildman–Crippen LogP) is 3.64. The number of anilines is 1. The van der Waals surface area contributed by atoms with E-state index in [0.29, 0.717) is 5.69 Å². The first-order valence-corrected chi connectivity index (χ1v) is 11.2. The Bertz CT molecular complexity index is 983. The standard InChI is InChI=1S/C16H17ClN4O2S3/c1-19-12(8-10-2-4-11(5-3-10)21-26(18,22)23)16-20-13(9-24-16)14-6-7-15(17)25-14/h2-7,9,12,19,21H,8H2,1H3,(H2,18,22,23). The summed E-state index contributed by atoms with van der Waals surface area (Å²) in [4.78, 5) is 5.77. The lowest BCUT2D eigenvalue weighted by molar-refractivity contribution is 0.589. The first-order valence-electron chi connectivity index (χ1n) is 7.62. The van der Waals surface area contributed by atoms with Crippen molar-refractivity contribution in [1.82, 2.24) is 10.3 Å². The van der Waals surface area contributed by atoms with E-state index in [0.717, 1.165) is 31.9 Å². The van der Waals surface area contributed by atoms with E-state index in [-0.39, 0.29) is 6.04 Å². The van der Waals surface area contributed by atoms with E-state index < -0.39 is 10.2 Å². The Kier molecular flexibility index (Phi) is 5.96. The molecular weight excluding hydrogens is 412 g/mol. The molecule has 0 radical (unpaired) electrons. The predicted molar refractivity (Wildman–Crippen MR) is 109 cm³/mol. The Morgan fingerprint density at radius 2 is 1.96 bits per heavy atom. The van der Waals surface area contributed by atoms with Crippen LogP contribution in [0.15, 0.2) is 41.8 Å². The zero-order valence-electron chi connectivity index (χ0n) is 13.8. The van der Waals surface area contributed by atoms with Crippen LogP contribution in [-0.2, 0) is 16.6 Å². The molecule has 3 aromatic rings. The molecule has 0 aliphatic heterocycles. The Labute approximate surface area is 165 Å². The van der Waals surface area contributed by atoms with E-state index in [2.05, 4.69) is 10.0 Å². The number of nitrogens with two attached hydrogens (primary N) is 1. The average molecular weight is 429 g/mol. The minimum Gasteiger partial charge on any atom is -0.311 e. The summed E-state index contributed by atoms with van der Waals surface area (Å²) in [7, 11) is -1.87. The molecule has 138 valence electrons. The average Bonchev–Trinajstić information content (AvgIpc) is 3.21. The van der Waals surface area contributed by atoms with Crippen LogP contribution in [-0.4, -0.2) is 20.4 Å². The van der Waals surface area contributed by atoms with E-state index in [1.165, 1.54) is 11.3 Å². The molecule has 0 amide bonds. The molecule has 26 heavy (non-hydrogen) atoms. The topological polar surface area (TPSA) is 97.1 Å². The number of thiophene rings is 1. The molecule has 0 bridgehead atoms. The van der Waals surface area contributed by atoms with Gasteiger partial charge >= 0.3 is 0 Å². The molecule has 4 N–H and O–H groups in total. The van der Waals surface area contributed by atoms with Crippen molar-refractivity contribution >= 4 is 50.2 Å². The van der Waals surface area contributed by atoms with Gasteiger partial charge in [0.1, 0.15) is 5.01 Å². The van der Waals surface area contributed by atoms with Crippen LogP contribution in [0, 0.1) is 0 Å². The van der Waals surface area contributed by atoms with Crippen LogP contribution in [0.3, 0.4) is 0 Å². The Balaban J connectivity index is 1.72. The van der Waals surface area contributed by atoms with E-state index in [1.807, 2.05) is 36.7 Å². The van der Waals surface area contributed by atoms with Gasteiger partial charge in [0.15, 0.2) is 0 Å². The molecule has 1 unspecified atom stereocenters.